The molecule has 0 aliphatic carbocycles. The minimum atomic E-state index is 0.596. The van der Waals surface area contributed by atoms with Crippen molar-refractivity contribution in [2.45, 2.75) is 0 Å². The number of para-hydroxylation sites is 1. The lowest BCUT2D eigenvalue weighted by Gasteiger charge is -2.18. The van der Waals surface area contributed by atoms with E-state index in [-0.39, 0.29) is 0 Å². The lowest BCUT2D eigenvalue weighted by Crippen LogP contribution is -2.02. The van der Waals surface area contributed by atoms with Crippen molar-refractivity contribution in [3.05, 3.63) is 218 Å². The van der Waals surface area contributed by atoms with Gasteiger partial charge in [-0.25, -0.2) is 15.0 Å². The molecule has 11 aromatic carbocycles. The van der Waals surface area contributed by atoms with Crippen LogP contribution >= 0.6 is 22.7 Å². The zero-order chi connectivity index (χ0) is 47.0. The third kappa shape index (κ3) is 5.83. The van der Waals surface area contributed by atoms with Crippen molar-refractivity contribution in [2.75, 3.05) is 0 Å². The second-order valence-corrected chi connectivity index (χ2v) is 20.8. The predicted octanol–water partition coefficient (Wildman–Crippen LogP) is 18.6. The molecule has 0 saturated carbocycles. The van der Waals surface area contributed by atoms with Gasteiger partial charge in [-0.1, -0.05) is 152 Å². The van der Waals surface area contributed by atoms with E-state index in [9.17, 15) is 0 Å². The Labute approximate surface area is 419 Å². The van der Waals surface area contributed by atoms with Crippen LogP contribution in [0.2, 0.25) is 0 Å². The van der Waals surface area contributed by atoms with E-state index in [2.05, 4.69) is 217 Å². The van der Waals surface area contributed by atoms with Crippen LogP contribution in [-0.2, 0) is 0 Å². The number of hydrogen-bond donors (Lipinski definition) is 0. The molecule has 5 heterocycles. The molecule has 0 aliphatic rings. The fraction of sp³-hybridized carbons (Fsp3) is 0. The molecule has 16 rings (SSSR count). The molecule has 0 unspecified atom stereocenters. The molecule has 16 aromatic rings. The van der Waals surface area contributed by atoms with E-state index in [1.165, 1.54) is 61.9 Å². The topological polar surface area (TPSA) is 56.7 Å². The van der Waals surface area contributed by atoms with E-state index in [0.717, 1.165) is 77.2 Å². The third-order valence-corrected chi connectivity index (χ3v) is 16.9. The predicted molar refractivity (Wildman–Crippen MR) is 304 cm³/mol. The van der Waals surface area contributed by atoms with E-state index in [1.54, 1.807) is 22.7 Å². The van der Waals surface area contributed by atoms with E-state index in [0.29, 0.717) is 17.5 Å². The van der Waals surface area contributed by atoms with Crippen LogP contribution in [0.25, 0.3) is 157 Å². The summed E-state index contributed by atoms with van der Waals surface area (Å²) in [7, 11) is 0. The van der Waals surface area contributed by atoms with Gasteiger partial charge < -0.3 is 8.98 Å². The van der Waals surface area contributed by atoms with Gasteiger partial charge >= 0.3 is 0 Å². The Kier molecular flexibility index (Phi) is 8.43. The number of hydrogen-bond acceptors (Lipinski definition) is 6. The number of thiophene rings is 2. The molecule has 0 radical (unpaired) electrons. The van der Waals surface area contributed by atoms with Gasteiger partial charge in [0.1, 0.15) is 11.2 Å². The maximum Gasteiger partial charge on any atom is 0.164 e. The molecule has 5 aromatic heterocycles. The normalized spacial score (nSPS) is 12.2. The molecule has 7 heteroatoms. The molecular formula is C65H36N4OS2. The Morgan fingerprint density at radius 1 is 0.333 bits per heavy atom. The van der Waals surface area contributed by atoms with Crippen LogP contribution in [0.5, 0.6) is 0 Å². The van der Waals surface area contributed by atoms with Crippen LogP contribution in [0.15, 0.2) is 223 Å². The van der Waals surface area contributed by atoms with Gasteiger partial charge in [-0.3, -0.25) is 0 Å². The van der Waals surface area contributed by atoms with Gasteiger partial charge in [0.15, 0.2) is 17.5 Å². The average Bonchev–Trinajstić information content (AvgIpc) is 4.21. The number of benzene rings is 11. The highest BCUT2D eigenvalue weighted by Gasteiger charge is 2.24. The highest BCUT2D eigenvalue weighted by Crippen LogP contribution is 2.47. The van der Waals surface area contributed by atoms with Gasteiger partial charge in [0.25, 0.3) is 0 Å². The summed E-state index contributed by atoms with van der Waals surface area (Å²) in [6.07, 6.45) is 0. The van der Waals surface area contributed by atoms with Crippen LogP contribution in [-0.4, -0.2) is 19.5 Å². The molecule has 0 atom stereocenters. The van der Waals surface area contributed by atoms with E-state index >= 15 is 0 Å². The van der Waals surface area contributed by atoms with Crippen molar-refractivity contribution in [3.63, 3.8) is 0 Å². The average molecular weight is 953 g/mol. The second kappa shape index (κ2) is 15.2. The zero-order valence-corrected chi connectivity index (χ0v) is 39.9. The van der Waals surface area contributed by atoms with Gasteiger partial charge in [-0.05, 0) is 88.5 Å². The van der Waals surface area contributed by atoms with Crippen LogP contribution in [0, 0.1) is 0 Å². The molecule has 0 N–H and O–H groups in total. The lowest BCUT2D eigenvalue weighted by molar-refractivity contribution is 0.669. The largest absolute Gasteiger partial charge is 0.456 e. The van der Waals surface area contributed by atoms with Crippen LogP contribution in [0.3, 0.4) is 0 Å². The van der Waals surface area contributed by atoms with Crippen LogP contribution < -0.4 is 0 Å². The summed E-state index contributed by atoms with van der Waals surface area (Å²) in [4.78, 5) is 16.5. The summed E-state index contributed by atoms with van der Waals surface area (Å²) in [5.74, 6) is 1.86. The molecule has 0 aliphatic heterocycles. The quantitative estimate of drug-likeness (QED) is 0.172. The first-order chi connectivity index (χ1) is 35.7. The molecule has 5 nitrogen and oxygen atoms in total. The second-order valence-electron chi connectivity index (χ2n) is 18.6. The molecule has 72 heavy (non-hydrogen) atoms. The smallest absolute Gasteiger partial charge is 0.164 e. The Hall–Kier alpha value is -9.01. The summed E-state index contributed by atoms with van der Waals surface area (Å²) in [5.41, 5.74) is 9.95. The van der Waals surface area contributed by atoms with Gasteiger partial charge in [-0.2, -0.15) is 0 Å². The highest BCUT2D eigenvalue weighted by atomic mass is 32.1. The summed E-state index contributed by atoms with van der Waals surface area (Å²) >= 11 is 3.60. The van der Waals surface area contributed by atoms with Gasteiger partial charge in [0, 0.05) is 89.5 Å². The Morgan fingerprint density at radius 2 is 0.889 bits per heavy atom. The minimum Gasteiger partial charge on any atom is -0.456 e. The molecule has 334 valence electrons. The number of aromatic nitrogens is 4. The maximum atomic E-state index is 6.62. The summed E-state index contributed by atoms with van der Waals surface area (Å²) < 4.78 is 14.0. The summed E-state index contributed by atoms with van der Waals surface area (Å²) in [5, 5.41) is 14.0. The van der Waals surface area contributed by atoms with Crippen molar-refractivity contribution >= 4 is 128 Å². The fourth-order valence-corrected chi connectivity index (χ4v) is 13.7. The SMILES string of the molecule is c1ccc2cc3c(cc2c1)c1ccc2ccccc2c1n3-c1ccc(-c2nc(-c3cccc4sc5ccccc5c34)nc(-c3cccc4sc5ccccc5c34)n2)cc1-c1cccc2oc3ccccc3c12. The van der Waals surface area contributed by atoms with Crippen molar-refractivity contribution in [2.24, 2.45) is 0 Å². The molecular weight excluding hydrogens is 917 g/mol. The maximum absolute atomic E-state index is 6.62. The van der Waals surface area contributed by atoms with E-state index in [4.69, 9.17) is 19.4 Å². The van der Waals surface area contributed by atoms with Gasteiger partial charge in [-0.15, -0.1) is 22.7 Å². The highest BCUT2D eigenvalue weighted by molar-refractivity contribution is 7.26. The Bertz CT molecular complexity index is 4830. The zero-order valence-electron chi connectivity index (χ0n) is 38.3. The molecule has 0 amide bonds. The fourth-order valence-electron chi connectivity index (χ4n) is 11.5. The van der Waals surface area contributed by atoms with Crippen molar-refractivity contribution in [1.82, 2.24) is 19.5 Å². The summed E-state index contributed by atoms with van der Waals surface area (Å²) in [6, 6.07) is 78.6. The Balaban J connectivity index is 1.03. The molecule has 0 saturated heterocycles. The van der Waals surface area contributed by atoms with Crippen molar-refractivity contribution in [3.8, 4) is 51.0 Å². The van der Waals surface area contributed by atoms with E-state index in [1.807, 2.05) is 6.07 Å². The first-order valence-electron chi connectivity index (χ1n) is 24.2. The first kappa shape index (κ1) is 39.8. The number of fused-ring (bicyclic) bond motifs is 15. The third-order valence-electron chi connectivity index (χ3n) is 14.6. The van der Waals surface area contributed by atoms with Gasteiger partial charge in [0.05, 0.1) is 16.7 Å². The van der Waals surface area contributed by atoms with Crippen molar-refractivity contribution < 1.29 is 4.42 Å². The monoisotopic (exact) mass is 952 g/mol. The van der Waals surface area contributed by atoms with Gasteiger partial charge in [0.2, 0.25) is 0 Å². The molecule has 0 spiro atoms. The minimum absolute atomic E-state index is 0.596. The molecule has 0 fully saturated rings. The Morgan fingerprint density at radius 3 is 1.61 bits per heavy atom. The number of rotatable bonds is 5. The summed E-state index contributed by atoms with van der Waals surface area (Å²) in [6.45, 7) is 0. The first-order valence-corrected chi connectivity index (χ1v) is 25.8. The van der Waals surface area contributed by atoms with Crippen LogP contribution in [0.4, 0.5) is 0 Å². The standard InChI is InChI=1S/C65H36N4OS2/c1-2-16-39-36-52-50(34-38(39)15-1)43-32-30-37-14-3-4-17-41(37)62(43)69(52)51-33-31-40(35-49(51)42-21-11-25-54-59(42)44-18-5-8-24-53(44)70-54)63-66-64(47-22-12-28-57-60(47)45-19-6-9-26-55(45)71-57)68-65(67-63)48-23-13-29-58-61(48)46-20-7-10-27-56(46)72-58/h1-36H. The number of furan rings is 1. The molecule has 0 bridgehead atoms. The lowest BCUT2D eigenvalue weighted by atomic mass is 9.95. The van der Waals surface area contributed by atoms with Crippen molar-refractivity contribution in [1.29, 1.82) is 0 Å². The van der Waals surface area contributed by atoms with E-state index < -0.39 is 0 Å². The van der Waals surface area contributed by atoms with Crippen LogP contribution in [0.1, 0.15) is 0 Å². The number of nitrogens with zero attached hydrogens (tertiary/aromatic N) is 4.